The van der Waals surface area contributed by atoms with Gasteiger partial charge in [0.05, 0.1) is 6.10 Å². The van der Waals surface area contributed by atoms with Crippen molar-refractivity contribution >= 4 is 28.7 Å². The summed E-state index contributed by atoms with van der Waals surface area (Å²) >= 11 is 1.35. The Morgan fingerprint density at radius 3 is 2.82 bits per heavy atom. The van der Waals surface area contributed by atoms with E-state index < -0.39 is 23.1 Å². The number of thioether (sulfide) groups is 1. The Morgan fingerprint density at radius 1 is 1.46 bits per heavy atom. The number of nitrogen functional groups attached to an aromatic ring is 1. The highest BCUT2D eigenvalue weighted by atomic mass is 32.2. The lowest BCUT2D eigenvalue weighted by atomic mass is 9.86. The number of aliphatic imine (C=N–C) groups is 1. The second kappa shape index (κ2) is 9.13. The standard InChI is InChI=1S/C20H30FN3O3S/c1-6-7-10-26-16-12-28-17(23-18(25)27-19(2,3)4)24-20(16,5)14-11-13(22)8-9-15(14)21/h8-9,11,16H,6-7,10,12,22H2,1-5H3,(H,23,24,25)/t16?,20-/m1/s1. The molecule has 8 heteroatoms. The second-order valence-electron chi connectivity index (χ2n) is 7.95. The summed E-state index contributed by atoms with van der Waals surface area (Å²) in [6, 6.07) is 4.42. The third-order valence-corrected chi connectivity index (χ3v) is 5.23. The van der Waals surface area contributed by atoms with Crippen LogP contribution in [0.1, 0.15) is 53.0 Å². The molecule has 0 bridgehead atoms. The Bertz CT molecular complexity index is 736. The highest BCUT2D eigenvalue weighted by Gasteiger charge is 2.42. The Balaban J connectivity index is 2.34. The molecule has 2 rings (SSSR count). The predicted octanol–water partition coefficient (Wildman–Crippen LogP) is 4.44. The number of nitrogens with zero attached hydrogens (tertiary/aromatic N) is 1. The number of amides is 1. The van der Waals surface area contributed by atoms with E-state index in [-0.39, 0.29) is 6.10 Å². The summed E-state index contributed by atoms with van der Waals surface area (Å²) in [5.41, 5.74) is 5.03. The van der Waals surface area contributed by atoms with Crippen molar-refractivity contribution in [1.29, 1.82) is 0 Å². The van der Waals surface area contributed by atoms with Crippen molar-refractivity contribution in [3.05, 3.63) is 29.6 Å². The van der Waals surface area contributed by atoms with Crippen molar-refractivity contribution in [1.82, 2.24) is 5.32 Å². The maximum absolute atomic E-state index is 14.7. The van der Waals surface area contributed by atoms with Gasteiger partial charge in [-0.3, -0.25) is 5.32 Å². The lowest BCUT2D eigenvalue weighted by Crippen LogP contribution is -2.47. The quantitative estimate of drug-likeness (QED) is 0.553. The van der Waals surface area contributed by atoms with E-state index in [1.54, 1.807) is 33.8 Å². The first kappa shape index (κ1) is 22.5. The minimum absolute atomic E-state index is 0.345. The van der Waals surface area contributed by atoms with Gasteiger partial charge in [-0.05, 0) is 52.3 Å². The maximum atomic E-state index is 14.7. The van der Waals surface area contributed by atoms with Crippen LogP contribution in [0.15, 0.2) is 23.2 Å². The van der Waals surface area contributed by atoms with Gasteiger partial charge in [0.1, 0.15) is 17.0 Å². The minimum Gasteiger partial charge on any atom is -0.444 e. The zero-order valence-electron chi connectivity index (χ0n) is 17.2. The zero-order chi connectivity index (χ0) is 20.9. The molecule has 0 aliphatic carbocycles. The van der Waals surface area contributed by atoms with Gasteiger partial charge in [0.15, 0.2) is 5.17 Å². The molecular formula is C20H30FN3O3S. The van der Waals surface area contributed by atoms with Gasteiger partial charge in [0, 0.05) is 23.6 Å². The number of ether oxygens (including phenoxy) is 2. The van der Waals surface area contributed by atoms with E-state index in [4.69, 9.17) is 15.2 Å². The highest BCUT2D eigenvalue weighted by molar-refractivity contribution is 8.14. The molecule has 0 saturated heterocycles. The lowest BCUT2D eigenvalue weighted by molar-refractivity contribution is 0.0160. The van der Waals surface area contributed by atoms with E-state index >= 15 is 0 Å². The molecule has 0 spiro atoms. The molecule has 0 fully saturated rings. The zero-order valence-corrected chi connectivity index (χ0v) is 18.0. The Morgan fingerprint density at radius 2 is 2.18 bits per heavy atom. The van der Waals surface area contributed by atoms with Crippen LogP contribution in [0.2, 0.25) is 0 Å². The number of rotatable bonds is 5. The first-order valence-electron chi connectivity index (χ1n) is 9.45. The van der Waals surface area contributed by atoms with E-state index in [0.717, 1.165) is 12.8 Å². The molecule has 1 aromatic carbocycles. The van der Waals surface area contributed by atoms with Crippen molar-refractivity contribution < 1.29 is 18.7 Å². The van der Waals surface area contributed by atoms with Gasteiger partial charge >= 0.3 is 6.09 Å². The number of nitrogens with one attached hydrogen (secondary N) is 1. The Kier molecular flexibility index (Phi) is 7.33. The van der Waals surface area contributed by atoms with Crippen LogP contribution in [0, 0.1) is 5.82 Å². The first-order valence-corrected chi connectivity index (χ1v) is 10.4. The van der Waals surface area contributed by atoms with Crippen LogP contribution in [0.4, 0.5) is 14.9 Å². The third-order valence-electron chi connectivity index (χ3n) is 4.29. The molecular weight excluding hydrogens is 381 g/mol. The molecule has 156 valence electrons. The fourth-order valence-electron chi connectivity index (χ4n) is 2.83. The summed E-state index contributed by atoms with van der Waals surface area (Å²) in [4.78, 5) is 16.8. The van der Waals surface area contributed by atoms with Crippen molar-refractivity contribution in [2.45, 2.75) is 64.7 Å². The molecule has 1 aliphatic rings. The van der Waals surface area contributed by atoms with E-state index in [9.17, 15) is 9.18 Å². The molecule has 1 amide bonds. The number of anilines is 1. The van der Waals surface area contributed by atoms with Crippen LogP contribution in [-0.4, -0.2) is 35.3 Å². The van der Waals surface area contributed by atoms with E-state index in [0.29, 0.717) is 28.8 Å². The smallest absolute Gasteiger partial charge is 0.413 e. The molecule has 0 saturated carbocycles. The van der Waals surface area contributed by atoms with Gasteiger partial charge in [-0.25, -0.2) is 14.2 Å². The number of hydrogen-bond acceptors (Lipinski definition) is 6. The summed E-state index contributed by atoms with van der Waals surface area (Å²) in [5.74, 6) is 0.108. The number of unbranched alkanes of at least 4 members (excludes halogenated alkanes) is 1. The van der Waals surface area contributed by atoms with Gasteiger partial charge in [0.25, 0.3) is 0 Å². The number of halogens is 1. The van der Waals surface area contributed by atoms with E-state index in [1.807, 2.05) is 0 Å². The number of carbonyl (C=O) groups excluding carboxylic acids is 1. The minimum atomic E-state index is -1.02. The number of carbonyl (C=O) groups is 1. The number of benzene rings is 1. The molecule has 1 unspecified atom stereocenters. The van der Waals surface area contributed by atoms with Gasteiger partial charge in [-0.2, -0.15) is 0 Å². The maximum Gasteiger partial charge on any atom is 0.413 e. The summed E-state index contributed by atoms with van der Waals surface area (Å²) in [7, 11) is 0. The molecule has 1 aromatic rings. The summed E-state index contributed by atoms with van der Waals surface area (Å²) < 4.78 is 26.0. The Labute approximate surface area is 170 Å². The first-order chi connectivity index (χ1) is 13.0. The molecule has 28 heavy (non-hydrogen) atoms. The van der Waals surface area contributed by atoms with Crippen LogP contribution in [0.5, 0.6) is 0 Å². The number of hydrogen-bond donors (Lipinski definition) is 2. The summed E-state index contributed by atoms with van der Waals surface area (Å²) in [5, 5.41) is 3.03. The van der Waals surface area contributed by atoms with Crippen LogP contribution >= 0.6 is 11.8 Å². The third kappa shape index (κ3) is 5.85. The molecule has 0 radical (unpaired) electrons. The highest BCUT2D eigenvalue weighted by Crippen LogP contribution is 2.39. The van der Waals surface area contributed by atoms with Gasteiger partial charge < -0.3 is 15.2 Å². The van der Waals surface area contributed by atoms with Gasteiger partial charge in [-0.1, -0.05) is 25.1 Å². The lowest BCUT2D eigenvalue weighted by Gasteiger charge is -2.38. The van der Waals surface area contributed by atoms with Crippen LogP contribution in [0.25, 0.3) is 0 Å². The van der Waals surface area contributed by atoms with Gasteiger partial charge in [0.2, 0.25) is 0 Å². The fourth-order valence-corrected chi connectivity index (χ4v) is 3.97. The van der Waals surface area contributed by atoms with Crippen molar-refractivity contribution in [3.63, 3.8) is 0 Å². The van der Waals surface area contributed by atoms with E-state index in [1.165, 1.54) is 23.9 Å². The van der Waals surface area contributed by atoms with Crippen LogP contribution < -0.4 is 11.1 Å². The second-order valence-corrected chi connectivity index (χ2v) is 8.96. The predicted molar refractivity (Wildman–Crippen MR) is 112 cm³/mol. The molecule has 1 heterocycles. The van der Waals surface area contributed by atoms with Crippen LogP contribution in [0.3, 0.4) is 0 Å². The van der Waals surface area contributed by atoms with Crippen molar-refractivity contribution in [2.75, 3.05) is 18.1 Å². The molecule has 2 atom stereocenters. The average Bonchev–Trinajstić information content (AvgIpc) is 2.57. The number of alkyl carbamates (subject to hydrolysis) is 1. The summed E-state index contributed by atoms with van der Waals surface area (Å²) in [6.45, 7) is 9.80. The molecule has 0 aromatic heterocycles. The molecule has 3 N–H and O–H groups in total. The van der Waals surface area contributed by atoms with Crippen molar-refractivity contribution in [2.24, 2.45) is 4.99 Å². The SMILES string of the molecule is CCCCOC1CSC(NC(=O)OC(C)(C)C)=N[C@]1(C)c1cc(N)ccc1F. The number of nitrogens with two attached hydrogens (primary N) is 1. The Hall–Kier alpha value is -1.80. The van der Waals surface area contributed by atoms with Crippen LogP contribution in [-0.2, 0) is 15.0 Å². The normalized spacial score (nSPS) is 22.5. The molecule has 6 nitrogen and oxygen atoms in total. The monoisotopic (exact) mass is 411 g/mol. The summed E-state index contributed by atoms with van der Waals surface area (Å²) in [6.07, 6.45) is 0.949. The van der Waals surface area contributed by atoms with E-state index in [2.05, 4.69) is 17.2 Å². The fraction of sp³-hybridized carbons (Fsp3) is 0.600. The topological polar surface area (TPSA) is 85.9 Å². The molecule has 1 aliphatic heterocycles. The average molecular weight is 412 g/mol. The number of amidine groups is 1. The largest absolute Gasteiger partial charge is 0.444 e. The van der Waals surface area contributed by atoms with Crippen molar-refractivity contribution in [3.8, 4) is 0 Å². The van der Waals surface area contributed by atoms with Gasteiger partial charge in [-0.15, -0.1) is 0 Å².